The van der Waals surface area contributed by atoms with Gasteiger partial charge in [-0.05, 0) is 38.0 Å². The Morgan fingerprint density at radius 2 is 2.21 bits per heavy atom. The standard InChI is InChI=1S/C13H19N/c1-4-12(10-14-3)9-13-7-5-11(2)6-8-13/h10,13H,1-2,5-9H2,3H3/b14-10+. The Hall–Kier alpha value is -1.07. The third-order valence-electron chi connectivity index (χ3n) is 2.83. The smallest absolute Gasteiger partial charge is 0.0318 e. The Bertz CT molecular complexity index is 270. The summed E-state index contributed by atoms with van der Waals surface area (Å²) in [4.78, 5) is 4.01. The second-order valence-corrected chi connectivity index (χ2v) is 3.99. The van der Waals surface area contributed by atoms with E-state index in [-0.39, 0.29) is 0 Å². The van der Waals surface area contributed by atoms with E-state index in [9.17, 15) is 0 Å². The molecule has 0 unspecified atom stereocenters. The van der Waals surface area contributed by atoms with Gasteiger partial charge in [0, 0.05) is 18.8 Å². The van der Waals surface area contributed by atoms with E-state index in [0.717, 1.165) is 17.9 Å². The third kappa shape index (κ3) is 3.35. The van der Waals surface area contributed by atoms with Crippen LogP contribution >= 0.6 is 0 Å². The molecule has 0 radical (unpaired) electrons. The minimum Gasteiger partial charge on any atom is -0.296 e. The number of nitrogens with zero attached hydrogens (tertiary/aromatic N) is 1. The molecule has 0 N–H and O–H groups in total. The molecule has 1 heteroatoms. The van der Waals surface area contributed by atoms with Crippen LogP contribution < -0.4 is 0 Å². The Morgan fingerprint density at radius 1 is 1.57 bits per heavy atom. The van der Waals surface area contributed by atoms with Gasteiger partial charge in [-0.3, -0.25) is 4.99 Å². The van der Waals surface area contributed by atoms with Crippen molar-refractivity contribution in [1.29, 1.82) is 0 Å². The van der Waals surface area contributed by atoms with Crippen LogP contribution in [0.2, 0.25) is 0 Å². The average Bonchev–Trinajstić information content (AvgIpc) is 2.20. The number of aliphatic imine (C=N–C) groups is 1. The summed E-state index contributed by atoms with van der Waals surface area (Å²) in [5.74, 6) is 0.780. The highest BCUT2D eigenvalue weighted by Gasteiger charge is 2.15. The highest BCUT2D eigenvalue weighted by molar-refractivity contribution is 5.77. The molecule has 14 heavy (non-hydrogen) atoms. The molecule has 76 valence electrons. The van der Waals surface area contributed by atoms with Crippen molar-refractivity contribution in [3.63, 3.8) is 0 Å². The topological polar surface area (TPSA) is 12.4 Å². The van der Waals surface area contributed by atoms with Gasteiger partial charge in [-0.15, -0.1) is 5.73 Å². The maximum absolute atomic E-state index is 4.02. The first-order valence-electron chi connectivity index (χ1n) is 5.24. The van der Waals surface area contributed by atoms with E-state index in [2.05, 4.69) is 23.9 Å². The zero-order valence-electron chi connectivity index (χ0n) is 9.05. The monoisotopic (exact) mass is 189 g/mol. The average molecular weight is 189 g/mol. The lowest BCUT2D eigenvalue weighted by atomic mass is 9.83. The van der Waals surface area contributed by atoms with E-state index in [4.69, 9.17) is 0 Å². The summed E-state index contributed by atoms with van der Waals surface area (Å²) in [6.07, 6.45) is 7.87. The molecule has 1 fully saturated rings. The van der Waals surface area contributed by atoms with E-state index < -0.39 is 0 Å². The highest BCUT2D eigenvalue weighted by atomic mass is 14.6. The van der Waals surface area contributed by atoms with Crippen molar-refractivity contribution >= 4 is 6.21 Å². The Morgan fingerprint density at radius 3 is 2.71 bits per heavy atom. The summed E-state index contributed by atoms with van der Waals surface area (Å²) < 4.78 is 0. The SMILES string of the molecule is C=C=C(/C=N/C)CC1CCC(=C)CC1. The van der Waals surface area contributed by atoms with Crippen LogP contribution in [0.3, 0.4) is 0 Å². The van der Waals surface area contributed by atoms with Crippen LogP contribution in [0.15, 0.2) is 35.0 Å². The summed E-state index contributed by atoms with van der Waals surface area (Å²) in [6, 6.07) is 0. The molecule has 0 aliphatic heterocycles. The van der Waals surface area contributed by atoms with Gasteiger partial charge in [-0.2, -0.15) is 0 Å². The lowest BCUT2D eigenvalue weighted by molar-refractivity contribution is 0.411. The molecule has 0 aromatic rings. The van der Waals surface area contributed by atoms with E-state index in [0.29, 0.717) is 0 Å². The Balaban J connectivity index is 2.44. The summed E-state index contributed by atoms with van der Waals surface area (Å²) in [7, 11) is 1.79. The first kappa shape index (κ1) is 11.0. The molecule has 1 nitrogen and oxygen atoms in total. The van der Waals surface area contributed by atoms with Crippen molar-refractivity contribution < 1.29 is 0 Å². The fourth-order valence-electron chi connectivity index (χ4n) is 1.93. The fraction of sp³-hybridized carbons (Fsp3) is 0.538. The predicted molar refractivity (Wildman–Crippen MR) is 62.8 cm³/mol. The second kappa shape index (κ2) is 5.62. The lowest BCUT2D eigenvalue weighted by Crippen LogP contribution is -2.08. The molecule has 0 bridgehead atoms. The lowest BCUT2D eigenvalue weighted by Gasteiger charge is -2.22. The van der Waals surface area contributed by atoms with Crippen molar-refractivity contribution in [2.45, 2.75) is 32.1 Å². The van der Waals surface area contributed by atoms with Crippen LogP contribution in [0, 0.1) is 5.92 Å². The number of hydrogen-bond acceptors (Lipinski definition) is 1. The van der Waals surface area contributed by atoms with Crippen LogP contribution in [-0.4, -0.2) is 13.3 Å². The molecular formula is C13H19N. The quantitative estimate of drug-likeness (QED) is 0.366. The molecule has 0 aromatic carbocycles. The van der Waals surface area contributed by atoms with E-state index in [1.54, 1.807) is 7.05 Å². The van der Waals surface area contributed by atoms with Crippen LogP contribution in [0.5, 0.6) is 0 Å². The Kier molecular flexibility index (Phi) is 4.42. The van der Waals surface area contributed by atoms with Gasteiger partial charge in [0.1, 0.15) is 0 Å². The second-order valence-electron chi connectivity index (χ2n) is 3.99. The summed E-state index contributed by atoms with van der Waals surface area (Å²) in [5.41, 5.74) is 5.51. The van der Waals surface area contributed by atoms with E-state index in [1.165, 1.54) is 31.3 Å². The number of hydrogen-bond donors (Lipinski definition) is 0. The van der Waals surface area contributed by atoms with Gasteiger partial charge in [0.05, 0.1) is 0 Å². The molecular weight excluding hydrogens is 170 g/mol. The largest absolute Gasteiger partial charge is 0.296 e. The summed E-state index contributed by atoms with van der Waals surface area (Å²) in [6.45, 7) is 7.71. The zero-order valence-corrected chi connectivity index (χ0v) is 9.05. The number of rotatable bonds is 3. The molecule has 0 spiro atoms. The normalized spacial score (nSPS) is 18.5. The van der Waals surface area contributed by atoms with Gasteiger partial charge >= 0.3 is 0 Å². The van der Waals surface area contributed by atoms with Crippen molar-refractivity contribution in [3.05, 3.63) is 30.0 Å². The maximum atomic E-state index is 4.02. The maximum Gasteiger partial charge on any atom is 0.0318 e. The highest BCUT2D eigenvalue weighted by Crippen LogP contribution is 2.30. The molecule has 0 heterocycles. The van der Waals surface area contributed by atoms with Crippen molar-refractivity contribution in [3.8, 4) is 0 Å². The van der Waals surface area contributed by atoms with Gasteiger partial charge in [-0.25, -0.2) is 0 Å². The van der Waals surface area contributed by atoms with E-state index in [1.807, 2.05) is 6.21 Å². The van der Waals surface area contributed by atoms with Crippen LogP contribution in [0.1, 0.15) is 32.1 Å². The molecule has 0 atom stereocenters. The number of allylic oxidation sites excluding steroid dienone is 2. The van der Waals surface area contributed by atoms with Gasteiger partial charge in [-0.1, -0.05) is 18.7 Å². The minimum atomic E-state index is 0.780. The Labute approximate surface area is 86.9 Å². The van der Waals surface area contributed by atoms with Crippen molar-refractivity contribution in [2.24, 2.45) is 10.9 Å². The molecule has 1 aliphatic carbocycles. The minimum absolute atomic E-state index is 0.780. The summed E-state index contributed by atoms with van der Waals surface area (Å²) in [5, 5.41) is 0. The third-order valence-corrected chi connectivity index (χ3v) is 2.83. The first-order chi connectivity index (χ1) is 6.76. The van der Waals surface area contributed by atoms with Gasteiger partial charge in [0.2, 0.25) is 0 Å². The molecule has 1 saturated carbocycles. The first-order valence-corrected chi connectivity index (χ1v) is 5.24. The van der Waals surface area contributed by atoms with Gasteiger partial charge < -0.3 is 0 Å². The van der Waals surface area contributed by atoms with Gasteiger partial charge in [0.15, 0.2) is 0 Å². The molecule has 0 amide bonds. The molecule has 0 saturated heterocycles. The van der Waals surface area contributed by atoms with Crippen LogP contribution in [-0.2, 0) is 0 Å². The molecule has 0 aromatic heterocycles. The van der Waals surface area contributed by atoms with Gasteiger partial charge in [0.25, 0.3) is 0 Å². The zero-order chi connectivity index (χ0) is 10.4. The van der Waals surface area contributed by atoms with E-state index >= 15 is 0 Å². The van der Waals surface area contributed by atoms with Crippen LogP contribution in [0.25, 0.3) is 0 Å². The van der Waals surface area contributed by atoms with Crippen LogP contribution in [0.4, 0.5) is 0 Å². The fourth-order valence-corrected chi connectivity index (χ4v) is 1.93. The predicted octanol–water partition coefficient (Wildman–Crippen LogP) is 3.53. The molecule has 1 rings (SSSR count). The summed E-state index contributed by atoms with van der Waals surface area (Å²) >= 11 is 0. The van der Waals surface area contributed by atoms with Crippen molar-refractivity contribution in [2.75, 3.05) is 7.05 Å². The van der Waals surface area contributed by atoms with Crippen molar-refractivity contribution in [1.82, 2.24) is 0 Å². The molecule has 1 aliphatic rings.